The summed E-state index contributed by atoms with van der Waals surface area (Å²) in [5, 5.41) is 0. The minimum absolute atomic E-state index is 0. The zero-order chi connectivity index (χ0) is 12.5. The van der Waals surface area contributed by atoms with Gasteiger partial charge in [0.25, 0.3) is 10.2 Å². The van der Waals surface area contributed by atoms with Gasteiger partial charge in [-0.3, -0.25) is 0 Å². The maximum Gasteiger partial charge on any atom is 0.279 e. The highest BCUT2D eigenvalue weighted by atomic mass is 35.5. The first-order valence-corrected chi connectivity index (χ1v) is 7.89. The zero-order valence-electron chi connectivity index (χ0n) is 10.9. The van der Waals surface area contributed by atoms with E-state index in [4.69, 9.17) is 5.73 Å². The summed E-state index contributed by atoms with van der Waals surface area (Å²) in [6, 6.07) is 0. The standard InChI is InChI=1S/C11H23N3O2S.ClH/c1-10-3-7-14(8-4-10)17(15,16)13-9-11(12)5-2-6-11;/h10,13H,2-9,12H2,1H3;1H. The van der Waals surface area contributed by atoms with Crippen molar-refractivity contribution in [2.45, 2.75) is 44.6 Å². The van der Waals surface area contributed by atoms with Gasteiger partial charge in [0.2, 0.25) is 0 Å². The van der Waals surface area contributed by atoms with E-state index in [1.165, 1.54) is 0 Å². The van der Waals surface area contributed by atoms with E-state index in [-0.39, 0.29) is 17.9 Å². The van der Waals surface area contributed by atoms with Gasteiger partial charge < -0.3 is 5.73 Å². The van der Waals surface area contributed by atoms with Crippen LogP contribution in [0.5, 0.6) is 0 Å². The number of nitrogens with one attached hydrogen (secondary N) is 1. The molecular weight excluding hydrogens is 274 g/mol. The number of hydrogen-bond acceptors (Lipinski definition) is 3. The van der Waals surface area contributed by atoms with Crippen LogP contribution in [0.2, 0.25) is 0 Å². The highest BCUT2D eigenvalue weighted by Crippen LogP contribution is 2.28. The molecule has 1 saturated heterocycles. The van der Waals surface area contributed by atoms with Crippen molar-refractivity contribution in [3.05, 3.63) is 0 Å². The predicted molar refractivity (Wildman–Crippen MR) is 74.9 cm³/mol. The number of piperidine rings is 1. The van der Waals surface area contributed by atoms with Gasteiger partial charge in [-0.1, -0.05) is 6.92 Å². The van der Waals surface area contributed by atoms with Crippen LogP contribution in [0.3, 0.4) is 0 Å². The topological polar surface area (TPSA) is 75.4 Å². The Labute approximate surface area is 116 Å². The molecule has 2 fully saturated rings. The average molecular weight is 298 g/mol. The molecule has 0 amide bonds. The van der Waals surface area contributed by atoms with E-state index in [2.05, 4.69) is 11.6 Å². The van der Waals surface area contributed by atoms with Crippen molar-refractivity contribution in [2.24, 2.45) is 11.7 Å². The molecule has 0 spiro atoms. The van der Waals surface area contributed by atoms with Gasteiger partial charge in [-0.15, -0.1) is 12.4 Å². The lowest BCUT2D eigenvalue weighted by Gasteiger charge is -2.39. The summed E-state index contributed by atoms with van der Waals surface area (Å²) in [5.74, 6) is 0.633. The molecule has 1 heterocycles. The van der Waals surface area contributed by atoms with E-state index in [0.717, 1.165) is 32.1 Å². The lowest BCUT2D eigenvalue weighted by atomic mass is 9.78. The largest absolute Gasteiger partial charge is 0.324 e. The monoisotopic (exact) mass is 297 g/mol. The number of nitrogens with two attached hydrogens (primary N) is 1. The van der Waals surface area contributed by atoms with Gasteiger partial charge in [0.1, 0.15) is 0 Å². The van der Waals surface area contributed by atoms with Gasteiger partial charge in [0.15, 0.2) is 0 Å². The average Bonchev–Trinajstić information content (AvgIpc) is 2.24. The summed E-state index contributed by atoms with van der Waals surface area (Å²) >= 11 is 0. The summed E-state index contributed by atoms with van der Waals surface area (Å²) < 4.78 is 28.3. The third-order valence-corrected chi connectivity index (χ3v) is 5.59. The van der Waals surface area contributed by atoms with Crippen LogP contribution in [0, 0.1) is 5.92 Å². The van der Waals surface area contributed by atoms with Gasteiger partial charge in [0, 0.05) is 25.2 Å². The van der Waals surface area contributed by atoms with E-state index in [1.54, 1.807) is 4.31 Å². The van der Waals surface area contributed by atoms with Crippen LogP contribution in [0.1, 0.15) is 39.0 Å². The first kappa shape index (κ1) is 16.2. The lowest BCUT2D eigenvalue weighted by molar-refractivity contribution is 0.244. The first-order valence-electron chi connectivity index (χ1n) is 6.45. The Balaban J connectivity index is 0.00000162. The fourth-order valence-corrected chi connectivity index (χ4v) is 3.70. The van der Waals surface area contributed by atoms with Crippen LogP contribution in [-0.2, 0) is 10.2 Å². The molecule has 0 atom stereocenters. The molecule has 3 N–H and O–H groups in total. The summed E-state index contributed by atoms with van der Waals surface area (Å²) in [4.78, 5) is 0. The molecule has 7 heteroatoms. The van der Waals surface area contributed by atoms with Crippen LogP contribution in [0.25, 0.3) is 0 Å². The van der Waals surface area contributed by atoms with Crippen molar-refractivity contribution in [1.82, 2.24) is 9.03 Å². The molecule has 2 rings (SSSR count). The molecule has 0 aromatic heterocycles. The van der Waals surface area contributed by atoms with Gasteiger partial charge >= 0.3 is 0 Å². The van der Waals surface area contributed by atoms with Crippen LogP contribution >= 0.6 is 12.4 Å². The molecule has 1 aliphatic heterocycles. The second-order valence-electron chi connectivity index (χ2n) is 5.62. The molecule has 0 radical (unpaired) electrons. The van der Waals surface area contributed by atoms with E-state index in [9.17, 15) is 8.42 Å². The Kier molecular flexibility index (Phi) is 5.44. The van der Waals surface area contributed by atoms with Crippen molar-refractivity contribution in [1.29, 1.82) is 0 Å². The van der Waals surface area contributed by atoms with Gasteiger partial charge in [-0.05, 0) is 38.0 Å². The van der Waals surface area contributed by atoms with Crippen LogP contribution in [-0.4, -0.2) is 37.9 Å². The third kappa shape index (κ3) is 3.81. The van der Waals surface area contributed by atoms with E-state index < -0.39 is 10.2 Å². The molecule has 0 aromatic carbocycles. The molecule has 0 aromatic rings. The maximum atomic E-state index is 12.0. The molecule has 108 valence electrons. The van der Waals surface area contributed by atoms with Crippen molar-refractivity contribution in [3.8, 4) is 0 Å². The summed E-state index contributed by atoms with van der Waals surface area (Å²) in [6.45, 7) is 3.81. The van der Waals surface area contributed by atoms with Crippen molar-refractivity contribution in [2.75, 3.05) is 19.6 Å². The first-order chi connectivity index (χ1) is 7.91. The van der Waals surface area contributed by atoms with Gasteiger partial charge in [-0.2, -0.15) is 12.7 Å². The molecular formula is C11H24ClN3O2S. The minimum Gasteiger partial charge on any atom is -0.324 e. The second-order valence-corrected chi connectivity index (χ2v) is 7.38. The Hall–Kier alpha value is 0.120. The molecule has 0 unspecified atom stereocenters. The van der Waals surface area contributed by atoms with Gasteiger partial charge in [-0.25, -0.2) is 4.72 Å². The second kappa shape index (κ2) is 6.05. The Morgan fingerprint density at radius 3 is 2.33 bits per heavy atom. The normalized spacial score (nSPS) is 25.2. The third-order valence-electron chi connectivity index (χ3n) is 4.04. The molecule has 0 bridgehead atoms. The summed E-state index contributed by atoms with van der Waals surface area (Å²) in [6.07, 6.45) is 4.86. The summed E-state index contributed by atoms with van der Waals surface area (Å²) in [5.41, 5.74) is 5.72. The predicted octanol–water partition coefficient (Wildman–Crippen LogP) is 0.856. The number of rotatable bonds is 4. The van der Waals surface area contributed by atoms with E-state index in [1.807, 2.05) is 0 Å². The number of nitrogens with zero attached hydrogens (tertiary/aromatic N) is 1. The van der Waals surface area contributed by atoms with Crippen molar-refractivity contribution >= 4 is 22.6 Å². The van der Waals surface area contributed by atoms with Crippen molar-refractivity contribution < 1.29 is 8.42 Å². The Bertz CT molecular complexity index is 362. The Morgan fingerprint density at radius 1 is 1.33 bits per heavy atom. The molecule has 1 aliphatic carbocycles. The quantitative estimate of drug-likeness (QED) is 0.808. The minimum atomic E-state index is -3.31. The van der Waals surface area contributed by atoms with Crippen LogP contribution in [0.4, 0.5) is 0 Å². The van der Waals surface area contributed by atoms with Crippen molar-refractivity contribution in [3.63, 3.8) is 0 Å². The molecule has 1 saturated carbocycles. The number of hydrogen-bond donors (Lipinski definition) is 2. The summed E-state index contributed by atoms with van der Waals surface area (Å²) in [7, 11) is -3.31. The molecule has 2 aliphatic rings. The smallest absolute Gasteiger partial charge is 0.279 e. The Morgan fingerprint density at radius 2 is 1.89 bits per heavy atom. The zero-order valence-corrected chi connectivity index (χ0v) is 12.5. The highest BCUT2D eigenvalue weighted by molar-refractivity contribution is 7.87. The van der Waals surface area contributed by atoms with E-state index >= 15 is 0 Å². The fourth-order valence-electron chi connectivity index (χ4n) is 2.36. The van der Waals surface area contributed by atoms with E-state index in [0.29, 0.717) is 25.6 Å². The van der Waals surface area contributed by atoms with Crippen LogP contribution < -0.4 is 10.5 Å². The highest BCUT2D eigenvalue weighted by Gasteiger charge is 2.35. The lowest BCUT2D eigenvalue weighted by Crippen LogP contribution is -2.57. The fraction of sp³-hybridized carbons (Fsp3) is 1.00. The SMILES string of the molecule is CC1CCN(S(=O)(=O)NCC2(N)CCC2)CC1.Cl. The van der Waals surface area contributed by atoms with Crippen LogP contribution in [0.15, 0.2) is 0 Å². The van der Waals surface area contributed by atoms with Gasteiger partial charge in [0.05, 0.1) is 0 Å². The molecule has 5 nitrogen and oxygen atoms in total. The molecule has 18 heavy (non-hydrogen) atoms. The maximum absolute atomic E-state index is 12.0. The number of halogens is 1.